The lowest BCUT2D eigenvalue weighted by molar-refractivity contribution is -0.142. The monoisotopic (exact) mass is 1010 g/mol. The van der Waals surface area contributed by atoms with Crippen LogP contribution < -0.4 is 31.9 Å². The number of nitrogens with one attached hydrogen (secondary N) is 7. The summed E-state index contributed by atoms with van der Waals surface area (Å²) in [5.41, 5.74) is 0.817. The van der Waals surface area contributed by atoms with Crippen LogP contribution in [0.4, 0.5) is 0 Å². The van der Waals surface area contributed by atoms with E-state index in [1.54, 1.807) is 27.7 Å². The Morgan fingerprint density at radius 2 is 1.57 bits per heavy atom. The van der Waals surface area contributed by atoms with Crippen LogP contribution in [-0.4, -0.2) is 150 Å². The Morgan fingerprint density at radius 3 is 2.19 bits per heavy atom. The van der Waals surface area contributed by atoms with Gasteiger partial charge in [0.05, 0.1) is 29.9 Å². The Morgan fingerprint density at radius 1 is 0.926 bits per heavy atom. The highest BCUT2D eigenvalue weighted by Gasteiger charge is 2.42. The quantitative estimate of drug-likeness (QED) is 0.109. The number of rotatable bonds is 15. The first-order valence-corrected chi connectivity index (χ1v) is 25.2. The van der Waals surface area contributed by atoms with Crippen molar-refractivity contribution in [1.82, 2.24) is 46.8 Å². The number of phenolic OH excluding ortho intramolecular Hbond substituents is 1. The standard InChI is InChI=1S/C44H62ClN9O12S2/c1-7-22(4)37(24(6)55)53-41(63)31(13-26-16-46-20-47-26)49-42(64)33-19-68-67-18-23(5)44(66)54-17-27(56)14-34(54)43(65)51-30(12-25-8-9-35(57)28(45)11-25)39(61)50-32(15-36(58)59)40(62)48-29(10-21(2)3)38(60)52-33/h8-9,11,16,20-23,27,29-34,37,56-57H,7,10,12-15,17-19H2,1-6H3,(H,46,47)(H,48,62)(H,49,64)(H,50,61)(H,51,65)(H,52,60)(H,53,63)(H,58,59)/t22?,23-,27?,29-,30-,31-,32-,33-,34-,37-/m0/s1. The molecular weight excluding hydrogens is 946 g/mol. The Hall–Kier alpha value is -5.39. The van der Waals surface area contributed by atoms with Gasteiger partial charge in [-0.2, -0.15) is 0 Å². The number of carboxylic acid groups (broad SMARTS) is 1. The number of H-pyrrole nitrogens is 1. The maximum Gasteiger partial charge on any atom is 0.305 e. The number of carboxylic acids is 1. The number of carbonyl (C=O) groups excluding carboxylic acids is 8. The second-order valence-corrected chi connectivity index (χ2v) is 20.6. The van der Waals surface area contributed by atoms with Gasteiger partial charge in [0.1, 0.15) is 42.0 Å². The number of aliphatic hydroxyl groups is 1. The van der Waals surface area contributed by atoms with Crippen LogP contribution in [0.3, 0.4) is 0 Å². The molecule has 3 heterocycles. The first-order valence-electron chi connectivity index (χ1n) is 22.3. The third kappa shape index (κ3) is 16.1. The Bertz CT molecular complexity index is 2150. The molecule has 2 aromatic rings. The number of aromatic hydroxyl groups is 1. The second kappa shape index (κ2) is 25.8. The minimum atomic E-state index is -1.81. The topological polar surface area (TPSA) is 318 Å². The number of amides is 7. The van der Waals surface area contributed by atoms with E-state index in [1.807, 2.05) is 6.92 Å². The van der Waals surface area contributed by atoms with Crippen LogP contribution >= 0.6 is 33.2 Å². The van der Waals surface area contributed by atoms with Crippen LogP contribution in [0.25, 0.3) is 0 Å². The highest BCUT2D eigenvalue weighted by atomic mass is 35.5. The van der Waals surface area contributed by atoms with Crippen LogP contribution in [-0.2, 0) is 56.0 Å². The lowest BCUT2D eigenvalue weighted by Gasteiger charge is -2.30. The Balaban J connectivity index is 1.73. The summed E-state index contributed by atoms with van der Waals surface area (Å²) in [5, 5.41) is 46.2. The Labute approximate surface area is 407 Å². The predicted molar refractivity (Wildman–Crippen MR) is 253 cm³/mol. The number of aromatic nitrogens is 2. The number of benzene rings is 1. The molecule has 0 bridgehead atoms. The van der Waals surface area contributed by atoms with Crippen molar-refractivity contribution in [3.05, 3.63) is 47.0 Å². The first kappa shape index (κ1) is 55.2. The van der Waals surface area contributed by atoms with E-state index in [4.69, 9.17) is 11.6 Å². The largest absolute Gasteiger partial charge is 0.506 e. The number of nitrogens with zero attached hydrogens (tertiary/aromatic N) is 2. The fourth-order valence-electron chi connectivity index (χ4n) is 7.64. The zero-order chi connectivity index (χ0) is 50.4. The first-order chi connectivity index (χ1) is 32.1. The summed E-state index contributed by atoms with van der Waals surface area (Å²) < 4.78 is 0. The molecule has 2 saturated heterocycles. The smallest absolute Gasteiger partial charge is 0.305 e. The normalized spacial score (nSPS) is 24.9. The summed E-state index contributed by atoms with van der Waals surface area (Å²) >= 11 is 6.14. The highest BCUT2D eigenvalue weighted by Crippen LogP contribution is 2.29. The molecule has 10 N–H and O–H groups in total. The van der Waals surface area contributed by atoms with Crippen molar-refractivity contribution < 1.29 is 58.5 Å². The number of Topliss-reactive ketones (excluding diaryl/α,β-unsaturated/α-hetero) is 1. The van der Waals surface area contributed by atoms with Gasteiger partial charge in [0, 0.05) is 55.1 Å². The SMILES string of the molecule is CCC(C)[C@H](NC(=O)[C@H](Cc1cnc[nH]1)NC(=O)[C@@H]1CSSC[C@H](C)C(=O)N2CC(O)C[C@H]2C(=O)N[C@@H](Cc2ccc(O)c(Cl)c2)C(=O)N[C@@H](CC(=O)O)C(=O)N[C@@H](CC(C)C)C(=O)N1)C(C)=O. The summed E-state index contributed by atoms with van der Waals surface area (Å²) in [5.74, 6) is -9.04. The van der Waals surface area contributed by atoms with Gasteiger partial charge in [0.2, 0.25) is 41.4 Å². The van der Waals surface area contributed by atoms with Crippen molar-refractivity contribution in [3.8, 4) is 5.75 Å². The number of hydrogen-bond acceptors (Lipinski definition) is 14. The number of hydrogen-bond donors (Lipinski definition) is 10. The average Bonchev–Trinajstić information content (AvgIpc) is 3.94. The number of halogens is 1. The molecule has 374 valence electrons. The molecular formula is C44H62ClN9O12S2. The van der Waals surface area contributed by atoms with Crippen molar-refractivity contribution in [1.29, 1.82) is 0 Å². The predicted octanol–water partition coefficient (Wildman–Crippen LogP) is 0.612. The van der Waals surface area contributed by atoms with Gasteiger partial charge in [-0.3, -0.25) is 43.2 Å². The molecule has 68 heavy (non-hydrogen) atoms. The lowest BCUT2D eigenvalue weighted by Crippen LogP contribution is -2.61. The molecule has 10 atom stereocenters. The van der Waals surface area contributed by atoms with Crippen molar-refractivity contribution >= 4 is 86.3 Å². The molecule has 1 aromatic carbocycles. The molecule has 4 rings (SSSR count). The van der Waals surface area contributed by atoms with E-state index in [0.29, 0.717) is 17.7 Å². The fraction of sp³-hybridized carbons (Fsp3) is 0.591. The number of ketones is 1. The molecule has 2 fully saturated rings. The fourth-order valence-corrected chi connectivity index (χ4v) is 10.3. The maximum atomic E-state index is 14.3. The zero-order valence-corrected chi connectivity index (χ0v) is 41.1. The summed E-state index contributed by atoms with van der Waals surface area (Å²) in [7, 11) is 2.30. The van der Waals surface area contributed by atoms with E-state index in [0.717, 1.165) is 10.8 Å². The molecule has 21 nitrogen and oxygen atoms in total. The number of fused-ring (bicyclic) bond motifs is 1. The molecule has 1 aromatic heterocycles. The van der Waals surface area contributed by atoms with Gasteiger partial charge in [-0.15, -0.1) is 0 Å². The minimum Gasteiger partial charge on any atom is -0.506 e. The zero-order valence-electron chi connectivity index (χ0n) is 38.7. The summed E-state index contributed by atoms with van der Waals surface area (Å²) in [6.07, 6.45) is 0.809. The van der Waals surface area contributed by atoms with Gasteiger partial charge in [0.15, 0.2) is 5.78 Å². The van der Waals surface area contributed by atoms with E-state index in [2.05, 4.69) is 41.9 Å². The van der Waals surface area contributed by atoms with Gasteiger partial charge < -0.3 is 57.1 Å². The maximum absolute atomic E-state index is 14.3. The third-order valence-electron chi connectivity index (χ3n) is 11.6. The molecule has 2 aliphatic heterocycles. The summed E-state index contributed by atoms with van der Waals surface area (Å²) in [4.78, 5) is 131. The van der Waals surface area contributed by atoms with Crippen LogP contribution in [0.15, 0.2) is 30.7 Å². The molecule has 0 radical (unpaired) electrons. The number of aliphatic carboxylic acids is 1. The van der Waals surface area contributed by atoms with E-state index in [9.17, 15) is 58.5 Å². The molecule has 7 amide bonds. The molecule has 2 unspecified atom stereocenters. The number of phenols is 1. The van der Waals surface area contributed by atoms with Gasteiger partial charge >= 0.3 is 5.97 Å². The van der Waals surface area contributed by atoms with Crippen molar-refractivity contribution in [2.24, 2.45) is 17.8 Å². The summed E-state index contributed by atoms with van der Waals surface area (Å²) in [6.45, 7) is 9.95. The van der Waals surface area contributed by atoms with Gasteiger partial charge in [-0.25, -0.2) is 4.98 Å². The van der Waals surface area contributed by atoms with Gasteiger partial charge in [-0.05, 0) is 42.9 Å². The lowest BCUT2D eigenvalue weighted by atomic mass is 9.95. The van der Waals surface area contributed by atoms with Gasteiger partial charge in [-0.1, -0.05) is 80.3 Å². The van der Waals surface area contributed by atoms with E-state index >= 15 is 0 Å². The van der Waals surface area contributed by atoms with Crippen molar-refractivity contribution in [3.63, 3.8) is 0 Å². The van der Waals surface area contributed by atoms with E-state index < -0.39 is 108 Å². The van der Waals surface area contributed by atoms with Crippen LogP contribution in [0.1, 0.15) is 78.5 Å². The Kier molecular flexibility index (Phi) is 21.0. The van der Waals surface area contributed by atoms with Crippen molar-refractivity contribution in [2.75, 3.05) is 18.1 Å². The van der Waals surface area contributed by atoms with E-state index in [-0.39, 0.29) is 72.1 Å². The highest BCUT2D eigenvalue weighted by molar-refractivity contribution is 8.76. The number of aromatic amines is 1. The number of carbonyl (C=O) groups is 9. The van der Waals surface area contributed by atoms with Crippen molar-refractivity contribution in [2.45, 2.75) is 128 Å². The second-order valence-electron chi connectivity index (χ2n) is 17.7. The molecule has 2 aliphatic rings. The third-order valence-corrected chi connectivity index (χ3v) is 14.4. The van der Waals surface area contributed by atoms with E-state index in [1.165, 1.54) is 53.3 Å². The van der Waals surface area contributed by atoms with Crippen LogP contribution in [0, 0.1) is 17.8 Å². The molecule has 0 saturated carbocycles. The average molecular weight is 1010 g/mol. The molecule has 0 aliphatic carbocycles. The van der Waals surface area contributed by atoms with Gasteiger partial charge in [0.25, 0.3) is 0 Å². The number of imidazole rings is 1. The number of aliphatic hydroxyl groups excluding tert-OH is 1. The van der Waals surface area contributed by atoms with Crippen LogP contribution in [0.2, 0.25) is 5.02 Å². The molecule has 0 spiro atoms. The van der Waals surface area contributed by atoms with Crippen LogP contribution in [0.5, 0.6) is 5.75 Å². The minimum absolute atomic E-state index is 0.0158. The summed E-state index contributed by atoms with van der Waals surface area (Å²) in [6, 6.07) is -5.44. The molecule has 24 heteroatoms.